The summed E-state index contributed by atoms with van der Waals surface area (Å²) in [5, 5.41) is 0. The number of hydrogen-bond donors (Lipinski definition) is 2. The Kier molecular flexibility index (Phi) is 6.13. The van der Waals surface area contributed by atoms with E-state index in [1.54, 1.807) is 0 Å². The normalized spacial score (nSPS) is 12.2. The maximum absolute atomic E-state index is 11.4. The van der Waals surface area contributed by atoms with Gasteiger partial charge in [-0.15, -0.1) is 0 Å². The van der Waals surface area contributed by atoms with Crippen LogP contribution in [0.1, 0.15) is 5.56 Å². The van der Waals surface area contributed by atoms with Crippen LogP contribution >= 0.6 is 15.9 Å². The molecule has 1 amide bonds. The molecule has 0 aromatic heterocycles. The van der Waals surface area contributed by atoms with Crippen molar-refractivity contribution in [3.05, 3.63) is 34.3 Å². The predicted molar refractivity (Wildman–Crippen MR) is 66.9 cm³/mol. The quantitative estimate of drug-likeness (QED) is 0.466. The minimum atomic E-state index is -0.711. The molecule has 0 fully saturated rings. The van der Waals surface area contributed by atoms with Crippen LogP contribution in [0.25, 0.3) is 0 Å². The van der Waals surface area contributed by atoms with E-state index < -0.39 is 12.0 Å². The van der Waals surface area contributed by atoms with Crippen LogP contribution in [0.2, 0.25) is 0 Å². The lowest BCUT2D eigenvalue weighted by Crippen LogP contribution is -2.42. The van der Waals surface area contributed by atoms with E-state index in [4.69, 9.17) is 15.3 Å². The van der Waals surface area contributed by atoms with Crippen molar-refractivity contribution in [1.82, 2.24) is 5.43 Å². The Balaban J connectivity index is 2.57. The molecule has 1 aromatic rings. The molecule has 1 unspecified atom stereocenters. The second-order valence-electron chi connectivity index (χ2n) is 3.35. The third kappa shape index (κ3) is 4.43. The summed E-state index contributed by atoms with van der Waals surface area (Å²) in [4.78, 5) is 11.4. The third-order valence-corrected chi connectivity index (χ3v) is 2.92. The van der Waals surface area contributed by atoms with E-state index >= 15 is 0 Å². The van der Waals surface area contributed by atoms with Gasteiger partial charge in [0.15, 0.2) is 6.10 Å². The first-order chi connectivity index (χ1) is 8.19. The molecule has 1 rings (SSSR count). The van der Waals surface area contributed by atoms with Gasteiger partial charge in [0.2, 0.25) is 0 Å². The lowest BCUT2D eigenvalue weighted by Gasteiger charge is -2.15. The molecule has 0 saturated heterocycles. The van der Waals surface area contributed by atoms with Gasteiger partial charge in [-0.05, 0) is 11.6 Å². The largest absolute Gasteiger partial charge is 0.381 e. The van der Waals surface area contributed by atoms with E-state index in [9.17, 15) is 4.79 Å². The fourth-order valence-electron chi connectivity index (χ4n) is 1.25. The molecule has 3 N–H and O–H groups in total. The first kappa shape index (κ1) is 14.1. The molecule has 0 heterocycles. The van der Waals surface area contributed by atoms with Gasteiger partial charge in [-0.3, -0.25) is 10.2 Å². The Morgan fingerprint density at radius 2 is 2.24 bits per heavy atom. The van der Waals surface area contributed by atoms with Gasteiger partial charge in [0.1, 0.15) is 0 Å². The molecule has 1 atom stereocenters. The SMILES string of the molecule is COCC(OCc1ccccc1Br)C(=O)NN. The Bertz CT molecular complexity index is 373. The number of nitrogens with one attached hydrogen (secondary N) is 1. The molecule has 17 heavy (non-hydrogen) atoms. The number of carbonyl (C=O) groups is 1. The standard InChI is InChI=1S/C11H15BrN2O3/c1-16-7-10(11(15)14-13)17-6-8-4-2-3-5-9(8)12/h2-5,10H,6-7,13H2,1H3,(H,14,15). The van der Waals surface area contributed by atoms with E-state index in [-0.39, 0.29) is 6.61 Å². The zero-order valence-electron chi connectivity index (χ0n) is 9.48. The molecule has 94 valence electrons. The van der Waals surface area contributed by atoms with Crippen molar-refractivity contribution in [3.63, 3.8) is 0 Å². The van der Waals surface area contributed by atoms with Crippen LogP contribution in [-0.2, 0) is 20.9 Å². The number of methoxy groups -OCH3 is 1. The molecular weight excluding hydrogens is 288 g/mol. The van der Waals surface area contributed by atoms with E-state index in [2.05, 4.69) is 15.9 Å². The maximum Gasteiger partial charge on any atom is 0.265 e. The average molecular weight is 303 g/mol. The first-order valence-corrected chi connectivity index (χ1v) is 5.82. The summed E-state index contributed by atoms with van der Waals surface area (Å²) in [5.41, 5.74) is 3.00. The van der Waals surface area contributed by atoms with Crippen LogP contribution in [0.4, 0.5) is 0 Å². The van der Waals surface area contributed by atoms with Crippen LogP contribution in [0, 0.1) is 0 Å². The second-order valence-corrected chi connectivity index (χ2v) is 4.21. The van der Waals surface area contributed by atoms with E-state index in [0.29, 0.717) is 6.61 Å². The van der Waals surface area contributed by atoms with Crippen molar-refractivity contribution in [1.29, 1.82) is 0 Å². The fourth-order valence-corrected chi connectivity index (χ4v) is 1.65. The lowest BCUT2D eigenvalue weighted by atomic mass is 10.2. The van der Waals surface area contributed by atoms with Crippen LogP contribution in [0.5, 0.6) is 0 Å². The molecule has 5 nitrogen and oxygen atoms in total. The smallest absolute Gasteiger partial charge is 0.265 e. The molecule has 1 aromatic carbocycles. The first-order valence-electron chi connectivity index (χ1n) is 5.03. The highest BCUT2D eigenvalue weighted by Gasteiger charge is 2.18. The predicted octanol–water partition coefficient (Wildman–Crippen LogP) is 0.971. The molecule has 0 spiro atoms. The van der Waals surface area contributed by atoms with Crippen molar-refractivity contribution >= 4 is 21.8 Å². The number of ether oxygens (including phenoxy) is 2. The van der Waals surface area contributed by atoms with Crippen molar-refractivity contribution in [2.75, 3.05) is 13.7 Å². The van der Waals surface area contributed by atoms with Gasteiger partial charge in [0, 0.05) is 11.6 Å². The molecule has 0 aliphatic carbocycles. The second kappa shape index (κ2) is 7.39. The molecule has 6 heteroatoms. The highest BCUT2D eigenvalue weighted by Crippen LogP contribution is 2.17. The number of rotatable bonds is 6. The van der Waals surface area contributed by atoms with Gasteiger partial charge in [-0.25, -0.2) is 5.84 Å². The van der Waals surface area contributed by atoms with Crippen molar-refractivity contribution in [2.45, 2.75) is 12.7 Å². The number of hydrogen-bond acceptors (Lipinski definition) is 4. The fraction of sp³-hybridized carbons (Fsp3) is 0.364. The number of carbonyl (C=O) groups excluding carboxylic acids is 1. The number of benzene rings is 1. The van der Waals surface area contributed by atoms with E-state index in [1.807, 2.05) is 29.7 Å². The lowest BCUT2D eigenvalue weighted by molar-refractivity contribution is -0.137. The molecule has 0 bridgehead atoms. The number of halogens is 1. The summed E-state index contributed by atoms with van der Waals surface area (Å²) in [6.45, 7) is 0.469. The van der Waals surface area contributed by atoms with E-state index in [0.717, 1.165) is 10.0 Å². The Morgan fingerprint density at radius 1 is 1.53 bits per heavy atom. The topological polar surface area (TPSA) is 73.6 Å². The molecule has 0 aliphatic heterocycles. The summed E-state index contributed by atoms with van der Waals surface area (Å²) in [6.07, 6.45) is -0.711. The van der Waals surface area contributed by atoms with Gasteiger partial charge >= 0.3 is 0 Å². The van der Waals surface area contributed by atoms with Crippen LogP contribution < -0.4 is 11.3 Å². The number of nitrogens with two attached hydrogens (primary N) is 1. The highest BCUT2D eigenvalue weighted by molar-refractivity contribution is 9.10. The molecule has 0 radical (unpaired) electrons. The highest BCUT2D eigenvalue weighted by atomic mass is 79.9. The van der Waals surface area contributed by atoms with Crippen LogP contribution in [0.3, 0.4) is 0 Å². The summed E-state index contributed by atoms with van der Waals surface area (Å²) in [6, 6.07) is 7.63. The maximum atomic E-state index is 11.4. The summed E-state index contributed by atoms with van der Waals surface area (Å²) in [5.74, 6) is 4.65. The van der Waals surface area contributed by atoms with E-state index in [1.165, 1.54) is 7.11 Å². The zero-order chi connectivity index (χ0) is 12.7. The van der Waals surface area contributed by atoms with Gasteiger partial charge in [-0.2, -0.15) is 0 Å². The number of hydrazine groups is 1. The van der Waals surface area contributed by atoms with Gasteiger partial charge < -0.3 is 9.47 Å². The van der Waals surface area contributed by atoms with Gasteiger partial charge in [0.05, 0.1) is 13.2 Å². The molecule has 0 saturated carbocycles. The Morgan fingerprint density at radius 3 is 2.82 bits per heavy atom. The van der Waals surface area contributed by atoms with Crippen molar-refractivity contribution in [3.8, 4) is 0 Å². The zero-order valence-corrected chi connectivity index (χ0v) is 11.1. The summed E-state index contributed by atoms with van der Waals surface area (Å²) in [7, 11) is 1.50. The summed E-state index contributed by atoms with van der Waals surface area (Å²) < 4.78 is 11.3. The summed E-state index contributed by atoms with van der Waals surface area (Å²) >= 11 is 3.40. The minimum Gasteiger partial charge on any atom is -0.381 e. The Hall–Kier alpha value is -0.950. The molecule has 0 aliphatic rings. The number of amides is 1. The Labute approximate surface area is 108 Å². The molecular formula is C11H15BrN2O3. The van der Waals surface area contributed by atoms with Gasteiger partial charge in [0.25, 0.3) is 5.91 Å². The third-order valence-electron chi connectivity index (χ3n) is 2.15. The van der Waals surface area contributed by atoms with Crippen molar-refractivity contribution < 1.29 is 14.3 Å². The van der Waals surface area contributed by atoms with Crippen molar-refractivity contribution in [2.24, 2.45) is 5.84 Å². The van der Waals surface area contributed by atoms with Crippen LogP contribution in [-0.4, -0.2) is 25.7 Å². The van der Waals surface area contributed by atoms with Gasteiger partial charge in [-0.1, -0.05) is 34.1 Å². The average Bonchev–Trinajstić information content (AvgIpc) is 2.35. The van der Waals surface area contributed by atoms with Crippen LogP contribution in [0.15, 0.2) is 28.7 Å². The monoisotopic (exact) mass is 302 g/mol. The minimum absolute atomic E-state index is 0.160.